The SMILES string of the molecule is Nc1ccc(-c2cccc3c2Oc2ccccc2O3)c2ccccc12. The summed E-state index contributed by atoms with van der Waals surface area (Å²) in [7, 11) is 0. The van der Waals surface area contributed by atoms with Gasteiger partial charge >= 0.3 is 0 Å². The predicted octanol–water partition coefficient (Wildman–Crippen LogP) is 5.99. The normalized spacial score (nSPS) is 12.0. The van der Waals surface area contributed by atoms with Gasteiger partial charge in [-0.25, -0.2) is 0 Å². The molecule has 0 radical (unpaired) electrons. The lowest BCUT2D eigenvalue weighted by Gasteiger charge is -2.23. The second-order valence-corrected chi connectivity index (χ2v) is 6.03. The molecule has 25 heavy (non-hydrogen) atoms. The highest BCUT2D eigenvalue weighted by atomic mass is 16.6. The molecule has 0 spiro atoms. The summed E-state index contributed by atoms with van der Waals surface area (Å²) in [4.78, 5) is 0. The van der Waals surface area contributed by atoms with Crippen molar-refractivity contribution in [1.29, 1.82) is 0 Å². The van der Waals surface area contributed by atoms with Crippen LogP contribution in [0.5, 0.6) is 23.0 Å². The van der Waals surface area contributed by atoms with Gasteiger partial charge in [-0.05, 0) is 35.2 Å². The Morgan fingerprint density at radius 1 is 0.520 bits per heavy atom. The van der Waals surface area contributed by atoms with Gasteiger partial charge in [0.2, 0.25) is 0 Å². The van der Waals surface area contributed by atoms with E-state index in [0.29, 0.717) is 0 Å². The van der Waals surface area contributed by atoms with Crippen molar-refractivity contribution in [3.8, 4) is 34.1 Å². The fourth-order valence-electron chi connectivity index (χ4n) is 3.32. The Bertz CT molecular complexity index is 1120. The minimum atomic E-state index is 0.720. The molecule has 120 valence electrons. The van der Waals surface area contributed by atoms with Crippen molar-refractivity contribution in [3.63, 3.8) is 0 Å². The third-order valence-corrected chi connectivity index (χ3v) is 4.51. The van der Waals surface area contributed by atoms with E-state index in [1.807, 2.05) is 72.8 Å². The first-order valence-corrected chi connectivity index (χ1v) is 8.16. The van der Waals surface area contributed by atoms with E-state index in [-0.39, 0.29) is 0 Å². The Morgan fingerprint density at radius 3 is 2.04 bits per heavy atom. The molecule has 0 unspecified atom stereocenters. The number of hydrogen-bond acceptors (Lipinski definition) is 3. The van der Waals surface area contributed by atoms with Crippen molar-refractivity contribution in [2.75, 3.05) is 5.73 Å². The molecule has 0 atom stereocenters. The first-order valence-electron chi connectivity index (χ1n) is 8.16. The third-order valence-electron chi connectivity index (χ3n) is 4.51. The van der Waals surface area contributed by atoms with E-state index in [4.69, 9.17) is 15.2 Å². The maximum Gasteiger partial charge on any atom is 0.177 e. The van der Waals surface area contributed by atoms with Crippen LogP contribution in [0.1, 0.15) is 0 Å². The maximum absolute atomic E-state index is 6.19. The summed E-state index contributed by atoms with van der Waals surface area (Å²) in [5.74, 6) is 2.91. The molecule has 0 fully saturated rings. The first-order chi connectivity index (χ1) is 12.3. The molecule has 1 heterocycles. The van der Waals surface area contributed by atoms with E-state index >= 15 is 0 Å². The number of benzene rings is 4. The van der Waals surface area contributed by atoms with Crippen LogP contribution in [0.2, 0.25) is 0 Å². The Labute approximate surface area is 145 Å². The smallest absolute Gasteiger partial charge is 0.177 e. The van der Waals surface area contributed by atoms with Gasteiger partial charge in [0.1, 0.15) is 0 Å². The van der Waals surface area contributed by atoms with E-state index in [9.17, 15) is 0 Å². The van der Waals surface area contributed by atoms with Crippen molar-refractivity contribution in [2.24, 2.45) is 0 Å². The van der Waals surface area contributed by atoms with Gasteiger partial charge in [0.15, 0.2) is 23.0 Å². The van der Waals surface area contributed by atoms with Crippen molar-refractivity contribution in [2.45, 2.75) is 0 Å². The van der Waals surface area contributed by atoms with Gasteiger partial charge in [0.25, 0.3) is 0 Å². The van der Waals surface area contributed by atoms with E-state index in [0.717, 1.165) is 50.6 Å². The van der Waals surface area contributed by atoms with Gasteiger partial charge in [-0.15, -0.1) is 0 Å². The lowest BCUT2D eigenvalue weighted by Crippen LogP contribution is -2.00. The Balaban J connectivity index is 1.75. The van der Waals surface area contributed by atoms with Crippen LogP contribution in [0.25, 0.3) is 21.9 Å². The number of rotatable bonds is 1. The number of ether oxygens (including phenoxy) is 2. The fourth-order valence-corrected chi connectivity index (χ4v) is 3.32. The van der Waals surface area contributed by atoms with Crippen LogP contribution in [-0.2, 0) is 0 Å². The fraction of sp³-hybridized carbons (Fsp3) is 0. The number of para-hydroxylation sites is 3. The summed E-state index contributed by atoms with van der Waals surface area (Å²) in [6, 6.07) is 25.8. The van der Waals surface area contributed by atoms with Crippen LogP contribution in [0.3, 0.4) is 0 Å². The molecule has 0 bridgehead atoms. The lowest BCUT2D eigenvalue weighted by molar-refractivity contribution is 0.361. The van der Waals surface area contributed by atoms with Gasteiger partial charge in [0, 0.05) is 16.6 Å². The molecule has 1 aliphatic rings. The molecule has 0 saturated carbocycles. The largest absolute Gasteiger partial charge is 0.449 e. The van der Waals surface area contributed by atoms with Gasteiger partial charge in [-0.3, -0.25) is 0 Å². The molecule has 3 nitrogen and oxygen atoms in total. The minimum absolute atomic E-state index is 0.720. The Kier molecular flexibility index (Phi) is 2.94. The summed E-state index contributed by atoms with van der Waals surface area (Å²) in [5, 5.41) is 2.13. The Morgan fingerprint density at radius 2 is 1.20 bits per heavy atom. The zero-order valence-corrected chi connectivity index (χ0v) is 13.4. The second kappa shape index (κ2) is 5.28. The summed E-state index contributed by atoms with van der Waals surface area (Å²) < 4.78 is 12.2. The molecule has 0 saturated heterocycles. The quantitative estimate of drug-likeness (QED) is 0.385. The highest BCUT2D eigenvalue weighted by Gasteiger charge is 2.22. The van der Waals surface area contributed by atoms with E-state index in [1.54, 1.807) is 0 Å². The Hall–Kier alpha value is -3.46. The molecule has 0 aliphatic carbocycles. The summed E-state index contributed by atoms with van der Waals surface area (Å²) in [6.45, 7) is 0. The molecule has 0 aromatic heterocycles. The summed E-state index contributed by atoms with van der Waals surface area (Å²) in [6.07, 6.45) is 0. The third kappa shape index (κ3) is 2.13. The predicted molar refractivity (Wildman–Crippen MR) is 100 cm³/mol. The number of hydrogen-bond donors (Lipinski definition) is 1. The minimum Gasteiger partial charge on any atom is -0.449 e. The molecule has 4 aromatic rings. The van der Waals surface area contributed by atoms with Crippen LogP contribution in [0.4, 0.5) is 5.69 Å². The number of nitrogen functional groups attached to an aromatic ring is 1. The number of fused-ring (bicyclic) bond motifs is 3. The highest BCUT2D eigenvalue weighted by Crippen LogP contribution is 2.50. The van der Waals surface area contributed by atoms with E-state index in [1.165, 1.54) is 0 Å². The molecule has 2 N–H and O–H groups in total. The molecular formula is C22H15NO2. The average Bonchev–Trinajstić information content (AvgIpc) is 2.67. The zero-order chi connectivity index (χ0) is 16.8. The van der Waals surface area contributed by atoms with Crippen molar-refractivity contribution >= 4 is 16.5 Å². The van der Waals surface area contributed by atoms with E-state index in [2.05, 4.69) is 6.07 Å². The summed E-state index contributed by atoms with van der Waals surface area (Å²) >= 11 is 0. The first kappa shape index (κ1) is 13.9. The monoisotopic (exact) mass is 325 g/mol. The molecule has 5 rings (SSSR count). The van der Waals surface area contributed by atoms with Crippen LogP contribution in [0.15, 0.2) is 78.9 Å². The topological polar surface area (TPSA) is 44.5 Å². The van der Waals surface area contributed by atoms with Crippen LogP contribution >= 0.6 is 0 Å². The molecule has 3 heteroatoms. The molecule has 0 amide bonds. The molecular weight excluding hydrogens is 310 g/mol. The van der Waals surface area contributed by atoms with Crippen molar-refractivity contribution < 1.29 is 9.47 Å². The molecule has 1 aliphatic heterocycles. The van der Waals surface area contributed by atoms with Crippen LogP contribution in [-0.4, -0.2) is 0 Å². The van der Waals surface area contributed by atoms with Crippen LogP contribution < -0.4 is 15.2 Å². The maximum atomic E-state index is 6.19. The lowest BCUT2D eigenvalue weighted by atomic mass is 9.96. The average molecular weight is 325 g/mol. The number of anilines is 1. The standard InChI is InChI=1S/C22H15NO2/c23-18-13-12-15(14-6-1-2-7-16(14)18)17-8-5-11-21-22(17)25-20-10-4-3-9-19(20)24-21/h1-13H,23H2. The summed E-state index contributed by atoms with van der Waals surface area (Å²) in [5.41, 5.74) is 8.98. The van der Waals surface area contributed by atoms with Gasteiger partial charge in [-0.2, -0.15) is 0 Å². The van der Waals surface area contributed by atoms with Crippen LogP contribution in [0, 0.1) is 0 Å². The van der Waals surface area contributed by atoms with Crippen molar-refractivity contribution in [3.05, 3.63) is 78.9 Å². The van der Waals surface area contributed by atoms with Gasteiger partial charge in [-0.1, -0.05) is 54.6 Å². The van der Waals surface area contributed by atoms with Gasteiger partial charge < -0.3 is 15.2 Å². The zero-order valence-electron chi connectivity index (χ0n) is 13.4. The van der Waals surface area contributed by atoms with Gasteiger partial charge in [0.05, 0.1) is 0 Å². The molecule has 4 aromatic carbocycles. The second-order valence-electron chi connectivity index (χ2n) is 6.03. The number of nitrogens with two attached hydrogens (primary N) is 1. The van der Waals surface area contributed by atoms with E-state index < -0.39 is 0 Å². The van der Waals surface area contributed by atoms with Crippen molar-refractivity contribution in [1.82, 2.24) is 0 Å². The highest BCUT2D eigenvalue weighted by molar-refractivity contribution is 6.04.